The topological polar surface area (TPSA) is 75.4 Å². The molecule has 0 aromatic heterocycles. The van der Waals surface area contributed by atoms with Gasteiger partial charge in [-0.2, -0.15) is 0 Å². The molecular weight excluding hydrogens is 326 g/mol. The van der Waals surface area contributed by atoms with Crippen LogP contribution in [0.5, 0.6) is 0 Å². The molecule has 0 aliphatic carbocycles. The lowest BCUT2D eigenvalue weighted by Gasteiger charge is -2.32. The molecule has 5 nitrogen and oxygen atoms in total. The lowest BCUT2D eigenvalue weighted by molar-refractivity contribution is -0.126. The van der Waals surface area contributed by atoms with Crippen LogP contribution >= 0.6 is 0 Å². The summed E-state index contributed by atoms with van der Waals surface area (Å²) in [4.78, 5) is 26.0. The molecule has 0 radical (unpaired) electrons. The first-order valence-corrected chi connectivity index (χ1v) is 9.08. The van der Waals surface area contributed by atoms with Crippen LogP contribution in [-0.2, 0) is 16.0 Å². The molecule has 1 heterocycles. The van der Waals surface area contributed by atoms with Crippen molar-refractivity contribution in [1.82, 2.24) is 4.90 Å². The number of benzene rings is 2. The fraction of sp³-hybridized carbons (Fsp3) is 0.333. The number of anilines is 1. The molecule has 26 heavy (non-hydrogen) atoms. The Hall–Kier alpha value is -2.66. The number of likely N-dealkylation sites (tertiary alicyclic amines) is 1. The molecule has 0 saturated carbocycles. The average molecular weight is 351 g/mol. The second-order valence-electron chi connectivity index (χ2n) is 6.75. The first-order chi connectivity index (χ1) is 12.6. The molecule has 0 spiro atoms. The highest BCUT2D eigenvalue weighted by Gasteiger charge is 2.28. The quantitative estimate of drug-likeness (QED) is 0.840. The van der Waals surface area contributed by atoms with Gasteiger partial charge in [0.25, 0.3) is 0 Å². The summed E-state index contributed by atoms with van der Waals surface area (Å²) in [5, 5.41) is 3.00. The molecule has 136 valence electrons. The third-order valence-corrected chi connectivity index (χ3v) is 4.82. The van der Waals surface area contributed by atoms with Crippen LogP contribution in [0.1, 0.15) is 30.4 Å². The number of nitrogens with zero attached hydrogens (tertiary/aromatic N) is 1. The predicted molar refractivity (Wildman–Crippen MR) is 103 cm³/mol. The smallest absolute Gasteiger partial charge is 0.238 e. The van der Waals surface area contributed by atoms with Crippen LogP contribution in [0.15, 0.2) is 54.6 Å². The predicted octanol–water partition coefficient (Wildman–Crippen LogP) is 2.56. The van der Waals surface area contributed by atoms with Crippen molar-refractivity contribution in [3.05, 3.63) is 65.7 Å². The van der Waals surface area contributed by atoms with E-state index >= 15 is 0 Å². The number of hydrogen-bond donors (Lipinski definition) is 2. The summed E-state index contributed by atoms with van der Waals surface area (Å²) >= 11 is 0. The molecule has 1 fully saturated rings. The number of nitrogens with two attached hydrogens (primary N) is 1. The Bertz CT molecular complexity index is 761. The van der Waals surface area contributed by atoms with Gasteiger partial charge in [0.2, 0.25) is 11.8 Å². The van der Waals surface area contributed by atoms with Crippen molar-refractivity contribution in [3.63, 3.8) is 0 Å². The highest BCUT2D eigenvalue weighted by molar-refractivity contribution is 5.93. The highest BCUT2D eigenvalue weighted by atomic mass is 16.2. The van der Waals surface area contributed by atoms with Gasteiger partial charge in [-0.05, 0) is 43.0 Å². The Labute approximate surface area is 154 Å². The van der Waals surface area contributed by atoms with Crippen LogP contribution in [0.2, 0.25) is 0 Å². The van der Waals surface area contributed by atoms with Crippen molar-refractivity contribution in [3.8, 4) is 0 Å². The Morgan fingerprint density at radius 2 is 1.77 bits per heavy atom. The largest absolute Gasteiger partial charge is 0.368 e. The van der Waals surface area contributed by atoms with E-state index < -0.39 is 0 Å². The Balaban J connectivity index is 1.66. The molecule has 3 rings (SSSR count). The second-order valence-corrected chi connectivity index (χ2v) is 6.75. The van der Waals surface area contributed by atoms with Gasteiger partial charge in [-0.1, -0.05) is 55.0 Å². The number of amides is 2. The minimum absolute atomic E-state index is 0.112. The van der Waals surface area contributed by atoms with E-state index in [2.05, 4.69) is 17.4 Å². The van der Waals surface area contributed by atoms with Gasteiger partial charge >= 0.3 is 0 Å². The summed E-state index contributed by atoms with van der Waals surface area (Å²) in [7, 11) is 0. The molecular formula is C21H25N3O2. The molecule has 1 aliphatic rings. The van der Waals surface area contributed by atoms with E-state index in [0.29, 0.717) is 0 Å². The maximum Gasteiger partial charge on any atom is 0.238 e. The standard InChI is InChI=1S/C21H25N3O2/c22-21(26)19-12-6-7-13-24(19)15-20(25)23-18-11-5-4-10-17(18)14-16-8-2-1-3-9-16/h1-5,8-11,19H,6-7,12-15H2,(H2,22,26)(H,23,25). The number of primary amides is 1. The fourth-order valence-corrected chi connectivity index (χ4v) is 3.49. The van der Waals surface area contributed by atoms with Crippen molar-refractivity contribution in [1.29, 1.82) is 0 Å². The lowest BCUT2D eigenvalue weighted by atomic mass is 10.0. The first-order valence-electron chi connectivity index (χ1n) is 9.08. The summed E-state index contributed by atoms with van der Waals surface area (Å²) in [6.07, 6.45) is 3.45. The number of carbonyl (C=O) groups is 2. The van der Waals surface area contributed by atoms with Crippen LogP contribution in [0.4, 0.5) is 5.69 Å². The number of carbonyl (C=O) groups excluding carboxylic acids is 2. The maximum atomic E-state index is 12.5. The molecule has 2 amide bonds. The number of para-hydroxylation sites is 1. The van der Waals surface area contributed by atoms with E-state index in [9.17, 15) is 9.59 Å². The van der Waals surface area contributed by atoms with Gasteiger partial charge in [0.1, 0.15) is 0 Å². The maximum absolute atomic E-state index is 12.5. The summed E-state index contributed by atoms with van der Waals surface area (Å²) in [5.74, 6) is -0.458. The highest BCUT2D eigenvalue weighted by Crippen LogP contribution is 2.20. The van der Waals surface area contributed by atoms with Gasteiger partial charge in [-0.25, -0.2) is 0 Å². The van der Waals surface area contributed by atoms with Crippen LogP contribution in [0, 0.1) is 0 Å². The molecule has 1 unspecified atom stereocenters. The molecule has 2 aromatic rings. The average Bonchev–Trinajstić information content (AvgIpc) is 2.64. The summed E-state index contributed by atoms with van der Waals surface area (Å²) in [5.41, 5.74) is 8.56. The zero-order valence-electron chi connectivity index (χ0n) is 14.9. The minimum Gasteiger partial charge on any atom is -0.368 e. The molecule has 1 atom stereocenters. The molecule has 0 bridgehead atoms. The number of nitrogens with one attached hydrogen (secondary N) is 1. The minimum atomic E-state index is -0.345. The number of rotatable bonds is 6. The van der Waals surface area contributed by atoms with E-state index in [1.165, 1.54) is 5.56 Å². The van der Waals surface area contributed by atoms with Gasteiger partial charge in [0.05, 0.1) is 12.6 Å². The number of hydrogen-bond acceptors (Lipinski definition) is 3. The third kappa shape index (κ3) is 4.70. The van der Waals surface area contributed by atoms with Crippen molar-refractivity contribution in [2.24, 2.45) is 5.73 Å². The van der Waals surface area contributed by atoms with Crippen LogP contribution < -0.4 is 11.1 Å². The molecule has 3 N–H and O–H groups in total. The SMILES string of the molecule is NC(=O)C1CCCCN1CC(=O)Nc1ccccc1Cc1ccccc1. The monoisotopic (exact) mass is 351 g/mol. The molecule has 5 heteroatoms. The van der Waals surface area contributed by atoms with Crippen LogP contribution in [0.3, 0.4) is 0 Å². The van der Waals surface area contributed by atoms with E-state index in [1.54, 1.807) is 0 Å². The summed E-state index contributed by atoms with van der Waals surface area (Å²) in [6.45, 7) is 0.917. The van der Waals surface area contributed by atoms with E-state index in [0.717, 1.165) is 43.5 Å². The van der Waals surface area contributed by atoms with Gasteiger partial charge in [0.15, 0.2) is 0 Å². The zero-order chi connectivity index (χ0) is 18.4. The van der Waals surface area contributed by atoms with Gasteiger partial charge in [-0.3, -0.25) is 14.5 Å². The first kappa shape index (κ1) is 18.1. The van der Waals surface area contributed by atoms with Gasteiger partial charge < -0.3 is 11.1 Å². The Kier molecular flexibility index (Phi) is 6.02. The van der Waals surface area contributed by atoms with Crippen molar-refractivity contribution < 1.29 is 9.59 Å². The van der Waals surface area contributed by atoms with E-state index in [-0.39, 0.29) is 24.4 Å². The van der Waals surface area contributed by atoms with Crippen molar-refractivity contribution in [2.75, 3.05) is 18.4 Å². The van der Waals surface area contributed by atoms with E-state index in [1.807, 2.05) is 47.4 Å². The van der Waals surface area contributed by atoms with Crippen molar-refractivity contribution >= 4 is 17.5 Å². The zero-order valence-corrected chi connectivity index (χ0v) is 14.9. The Morgan fingerprint density at radius 1 is 1.04 bits per heavy atom. The summed E-state index contributed by atoms with van der Waals surface area (Å²) in [6, 6.07) is 17.6. The fourth-order valence-electron chi connectivity index (χ4n) is 3.49. The van der Waals surface area contributed by atoms with Gasteiger partial charge in [-0.15, -0.1) is 0 Å². The second kappa shape index (κ2) is 8.63. The Morgan fingerprint density at radius 3 is 2.54 bits per heavy atom. The van der Waals surface area contributed by atoms with Crippen LogP contribution in [0.25, 0.3) is 0 Å². The van der Waals surface area contributed by atoms with Crippen LogP contribution in [-0.4, -0.2) is 35.8 Å². The van der Waals surface area contributed by atoms with E-state index in [4.69, 9.17) is 5.73 Å². The lowest BCUT2D eigenvalue weighted by Crippen LogP contribution is -2.50. The summed E-state index contributed by atoms with van der Waals surface area (Å²) < 4.78 is 0. The number of piperidine rings is 1. The molecule has 1 aliphatic heterocycles. The van der Waals surface area contributed by atoms with Crippen molar-refractivity contribution in [2.45, 2.75) is 31.7 Å². The molecule has 2 aromatic carbocycles. The molecule has 1 saturated heterocycles. The third-order valence-electron chi connectivity index (χ3n) is 4.82. The van der Waals surface area contributed by atoms with Gasteiger partial charge in [0, 0.05) is 5.69 Å². The normalized spacial score (nSPS) is 17.6.